The lowest BCUT2D eigenvalue weighted by atomic mass is 10.2. The molecule has 0 atom stereocenters. The van der Waals surface area contributed by atoms with Gasteiger partial charge in [-0.15, -0.1) is 11.3 Å². The van der Waals surface area contributed by atoms with Crippen molar-refractivity contribution in [2.45, 2.75) is 6.54 Å². The first-order chi connectivity index (χ1) is 11.7. The monoisotopic (exact) mass is 399 g/mol. The molecule has 0 bridgehead atoms. The van der Waals surface area contributed by atoms with Crippen molar-refractivity contribution in [2.24, 2.45) is 0 Å². The van der Waals surface area contributed by atoms with Crippen LogP contribution in [0.2, 0.25) is 0 Å². The van der Waals surface area contributed by atoms with E-state index < -0.39 is 0 Å². The highest BCUT2D eigenvalue weighted by Gasteiger charge is 2.14. The lowest BCUT2D eigenvalue weighted by molar-refractivity contribution is -0.688. The SMILES string of the molecule is Fc1ccccc1C[n+]1cc(Br)cc(-c2nc3ccccc3s2)c1. The minimum atomic E-state index is -0.188. The van der Waals surface area contributed by atoms with Gasteiger partial charge in [0, 0.05) is 0 Å². The van der Waals surface area contributed by atoms with Gasteiger partial charge >= 0.3 is 0 Å². The smallest absolute Gasteiger partial charge is 0.183 e. The van der Waals surface area contributed by atoms with E-state index in [-0.39, 0.29) is 5.82 Å². The van der Waals surface area contributed by atoms with Gasteiger partial charge in [0.1, 0.15) is 10.8 Å². The zero-order chi connectivity index (χ0) is 16.5. The van der Waals surface area contributed by atoms with Gasteiger partial charge in [-0.3, -0.25) is 0 Å². The van der Waals surface area contributed by atoms with Crippen molar-refractivity contribution >= 4 is 37.5 Å². The third kappa shape index (κ3) is 3.09. The average molecular weight is 400 g/mol. The molecule has 24 heavy (non-hydrogen) atoms. The third-order valence-electron chi connectivity index (χ3n) is 3.74. The van der Waals surface area contributed by atoms with E-state index >= 15 is 0 Å². The van der Waals surface area contributed by atoms with Gasteiger partial charge in [-0.2, -0.15) is 4.57 Å². The Morgan fingerprint density at radius 2 is 1.83 bits per heavy atom. The fourth-order valence-corrected chi connectivity index (χ4v) is 4.08. The topological polar surface area (TPSA) is 16.8 Å². The molecule has 0 saturated carbocycles. The van der Waals surface area contributed by atoms with E-state index in [4.69, 9.17) is 4.98 Å². The second-order valence-electron chi connectivity index (χ2n) is 5.49. The predicted octanol–water partition coefficient (Wildman–Crippen LogP) is 5.20. The number of rotatable bonds is 3. The van der Waals surface area contributed by atoms with Crippen LogP contribution in [-0.2, 0) is 6.54 Å². The molecule has 0 aliphatic carbocycles. The first-order valence-corrected chi connectivity index (χ1v) is 9.09. The molecule has 0 aliphatic heterocycles. The Bertz CT molecular complexity index is 996. The van der Waals surface area contributed by atoms with Gasteiger partial charge in [-0.25, -0.2) is 9.37 Å². The van der Waals surface area contributed by atoms with Crippen LogP contribution in [0, 0.1) is 5.82 Å². The maximum absolute atomic E-state index is 13.9. The highest BCUT2D eigenvalue weighted by Crippen LogP contribution is 2.30. The zero-order valence-corrected chi connectivity index (χ0v) is 15.0. The highest BCUT2D eigenvalue weighted by atomic mass is 79.9. The normalized spacial score (nSPS) is 11.1. The standard InChI is InChI=1S/C19H13BrFN2S/c20-15-9-14(19-22-17-7-3-4-8-18(17)24-19)11-23(12-15)10-13-5-1-2-6-16(13)21/h1-9,11-12H,10H2/q+1. The predicted molar refractivity (Wildman–Crippen MR) is 98.5 cm³/mol. The number of benzene rings is 2. The second-order valence-corrected chi connectivity index (χ2v) is 7.44. The number of hydrogen-bond donors (Lipinski definition) is 0. The van der Waals surface area contributed by atoms with E-state index in [1.165, 1.54) is 6.07 Å². The van der Waals surface area contributed by atoms with Crippen molar-refractivity contribution in [2.75, 3.05) is 0 Å². The Balaban J connectivity index is 1.74. The molecule has 0 N–H and O–H groups in total. The van der Waals surface area contributed by atoms with Crippen LogP contribution in [0.4, 0.5) is 4.39 Å². The van der Waals surface area contributed by atoms with Crippen LogP contribution < -0.4 is 4.57 Å². The molecule has 0 saturated heterocycles. The Morgan fingerprint density at radius 3 is 2.67 bits per heavy atom. The zero-order valence-electron chi connectivity index (χ0n) is 12.6. The second kappa shape index (κ2) is 6.42. The fraction of sp³-hybridized carbons (Fsp3) is 0.0526. The van der Waals surface area contributed by atoms with Gasteiger partial charge in [0.05, 0.1) is 25.8 Å². The molecule has 2 nitrogen and oxygen atoms in total. The molecule has 5 heteroatoms. The number of pyridine rings is 1. The summed E-state index contributed by atoms with van der Waals surface area (Å²) in [4.78, 5) is 4.70. The summed E-state index contributed by atoms with van der Waals surface area (Å²) < 4.78 is 18.0. The Labute approximate surface area is 151 Å². The van der Waals surface area contributed by atoms with E-state index in [1.54, 1.807) is 23.5 Å². The summed E-state index contributed by atoms with van der Waals surface area (Å²) in [5, 5.41) is 0.958. The molecule has 0 fully saturated rings. The lowest BCUT2D eigenvalue weighted by Crippen LogP contribution is -2.34. The van der Waals surface area contributed by atoms with Crippen LogP contribution in [0.5, 0.6) is 0 Å². The van der Waals surface area contributed by atoms with Crippen LogP contribution in [0.3, 0.4) is 0 Å². The van der Waals surface area contributed by atoms with Crippen LogP contribution in [-0.4, -0.2) is 4.98 Å². The molecule has 0 unspecified atom stereocenters. The van der Waals surface area contributed by atoms with Gasteiger partial charge in [-0.05, 0) is 46.3 Å². The largest absolute Gasteiger partial charge is 0.236 e. The molecule has 0 radical (unpaired) electrons. The molecule has 0 amide bonds. The number of thiazole rings is 1. The Hall–Kier alpha value is -2.11. The fourth-order valence-electron chi connectivity index (χ4n) is 2.62. The van der Waals surface area contributed by atoms with Crippen molar-refractivity contribution in [3.8, 4) is 10.6 Å². The quantitative estimate of drug-likeness (QED) is 0.432. The molecule has 0 spiro atoms. The van der Waals surface area contributed by atoms with E-state index in [0.717, 1.165) is 25.3 Å². The van der Waals surface area contributed by atoms with E-state index in [0.29, 0.717) is 12.1 Å². The first kappa shape index (κ1) is 15.4. The number of halogens is 2. The maximum atomic E-state index is 13.9. The van der Waals surface area contributed by atoms with Crippen LogP contribution in [0.1, 0.15) is 5.56 Å². The summed E-state index contributed by atoms with van der Waals surface area (Å²) >= 11 is 5.21. The van der Waals surface area contributed by atoms with Gasteiger partial charge < -0.3 is 0 Å². The molecule has 2 aromatic heterocycles. The van der Waals surface area contributed by atoms with Gasteiger partial charge in [0.25, 0.3) is 0 Å². The summed E-state index contributed by atoms with van der Waals surface area (Å²) in [7, 11) is 0. The number of nitrogens with zero attached hydrogens (tertiary/aromatic N) is 2. The minimum Gasteiger partial charge on any atom is -0.236 e. The number of para-hydroxylation sites is 1. The number of hydrogen-bond acceptors (Lipinski definition) is 2. The van der Waals surface area contributed by atoms with Crippen LogP contribution >= 0.6 is 27.3 Å². The summed E-state index contributed by atoms with van der Waals surface area (Å²) in [5.74, 6) is -0.188. The van der Waals surface area contributed by atoms with E-state index in [2.05, 4.69) is 22.0 Å². The van der Waals surface area contributed by atoms with E-state index in [9.17, 15) is 4.39 Å². The van der Waals surface area contributed by atoms with Gasteiger partial charge in [0.15, 0.2) is 18.9 Å². The third-order valence-corrected chi connectivity index (χ3v) is 5.26. The molecular weight excluding hydrogens is 387 g/mol. The molecule has 4 aromatic rings. The van der Waals surface area contributed by atoms with E-state index in [1.807, 2.05) is 47.3 Å². The molecule has 2 aromatic carbocycles. The molecule has 2 heterocycles. The van der Waals surface area contributed by atoms with Crippen molar-refractivity contribution in [1.82, 2.24) is 4.98 Å². The number of aromatic nitrogens is 2. The number of fused-ring (bicyclic) bond motifs is 1. The van der Waals surface area contributed by atoms with Crippen LogP contribution in [0.25, 0.3) is 20.8 Å². The minimum absolute atomic E-state index is 0.188. The summed E-state index contributed by atoms with van der Waals surface area (Å²) in [6.07, 6.45) is 3.96. The summed E-state index contributed by atoms with van der Waals surface area (Å²) in [5.41, 5.74) is 2.68. The Kier molecular flexibility index (Phi) is 4.12. The van der Waals surface area contributed by atoms with Gasteiger partial charge in [-0.1, -0.05) is 24.3 Å². The Morgan fingerprint density at radius 1 is 1.04 bits per heavy atom. The lowest BCUT2D eigenvalue weighted by Gasteiger charge is -2.02. The van der Waals surface area contributed by atoms with Crippen molar-refractivity contribution in [3.63, 3.8) is 0 Å². The highest BCUT2D eigenvalue weighted by molar-refractivity contribution is 9.10. The average Bonchev–Trinajstić information content (AvgIpc) is 3.01. The maximum Gasteiger partial charge on any atom is 0.183 e. The molecule has 118 valence electrons. The van der Waals surface area contributed by atoms with Gasteiger partial charge in [0.2, 0.25) is 0 Å². The first-order valence-electron chi connectivity index (χ1n) is 7.48. The van der Waals surface area contributed by atoms with Crippen molar-refractivity contribution in [1.29, 1.82) is 0 Å². The van der Waals surface area contributed by atoms with Crippen LogP contribution in [0.15, 0.2) is 71.5 Å². The molecule has 4 rings (SSSR count). The molecular formula is C19H13BrFN2S+. The van der Waals surface area contributed by atoms with Crippen molar-refractivity contribution < 1.29 is 8.96 Å². The summed E-state index contributed by atoms with van der Waals surface area (Å²) in [6, 6.07) is 17.0. The summed E-state index contributed by atoms with van der Waals surface area (Å²) in [6.45, 7) is 0.476. The van der Waals surface area contributed by atoms with Crippen molar-refractivity contribution in [3.05, 3.63) is 82.8 Å². The molecule has 0 aliphatic rings.